The van der Waals surface area contributed by atoms with Gasteiger partial charge < -0.3 is 10.2 Å². The number of aromatic nitrogens is 2. The van der Waals surface area contributed by atoms with Crippen LogP contribution in [0.5, 0.6) is 0 Å². The van der Waals surface area contributed by atoms with Crippen LogP contribution in [-0.4, -0.2) is 41.1 Å². The molecule has 1 aliphatic heterocycles. The normalized spacial score (nSPS) is 19.1. The zero-order valence-electron chi connectivity index (χ0n) is 12.1. The lowest BCUT2D eigenvalue weighted by Gasteiger charge is -2.24. The number of nitrogens with zero attached hydrogens (tertiary/aromatic N) is 3. The Labute approximate surface area is 120 Å². The predicted octanol–water partition coefficient (Wildman–Crippen LogP) is 2.16. The van der Waals surface area contributed by atoms with Crippen LogP contribution in [0.3, 0.4) is 0 Å². The molecule has 4 nitrogen and oxygen atoms in total. The third-order valence-electron chi connectivity index (χ3n) is 3.35. The van der Waals surface area contributed by atoms with E-state index in [1.807, 2.05) is 24.2 Å². The van der Waals surface area contributed by atoms with Gasteiger partial charge in [-0.25, -0.2) is 4.98 Å². The molecule has 106 valence electrons. The van der Waals surface area contributed by atoms with Crippen LogP contribution in [0, 0.1) is 5.92 Å². The Balaban J connectivity index is 1.94. The molecular formula is C14H24N4S. The molecule has 1 N–H and O–H groups in total. The second-order valence-corrected chi connectivity index (χ2v) is 6.67. The van der Waals surface area contributed by atoms with E-state index in [1.165, 1.54) is 17.9 Å². The fraction of sp³-hybridized carbons (Fsp3) is 0.714. The largest absolute Gasteiger partial charge is 0.355 e. The maximum atomic E-state index is 4.71. The second kappa shape index (κ2) is 7.10. The van der Waals surface area contributed by atoms with Crippen molar-refractivity contribution in [2.75, 3.05) is 30.0 Å². The van der Waals surface area contributed by atoms with Gasteiger partial charge in [-0.2, -0.15) is 11.8 Å². The van der Waals surface area contributed by atoms with Gasteiger partial charge in [0.1, 0.15) is 5.82 Å². The molecule has 19 heavy (non-hydrogen) atoms. The molecular weight excluding hydrogens is 256 g/mol. The molecule has 0 saturated carbocycles. The van der Waals surface area contributed by atoms with Gasteiger partial charge in [0.25, 0.3) is 0 Å². The molecule has 0 spiro atoms. The Kier molecular flexibility index (Phi) is 5.45. The van der Waals surface area contributed by atoms with Crippen LogP contribution >= 0.6 is 11.8 Å². The molecule has 0 aliphatic carbocycles. The fourth-order valence-corrected chi connectivity index (χ4v) is 3.42. The average Bonchev–Trinajstić information content (AvgIpc) is 2.91. The summed E-state index contributed by atoms with van der Waals surface area (Å²) in [7, 11) is 2.13. The van der Waals surface area contributed by atoms with E-state index in [4.69, 9.17) is 4.98 Å². The molecule has 1 aromatic rings. The highest BCUT2D eigenvalue weighted by atomic mass is 32.2. The van der Waals surface area contributed by atoms with Gasteiger partial charge in [-0.15, -0.1) is 0 Å². The summed E-state index contributed by atoms with van der Waals surface area (Å²) < 4.78 is 0. The van der Waals surface area contributed by atoms with Crippen LogP contribution in [0.1, 0.15) is 26.0 Å². The monoisotopic (exact) mass is 280 g/mol. The molecule has 0 amide bonds. The van der Waals surface area contributed by atoms with Crippen molar-refractivity contribution in [3.05, 3.63) is 18.1 Å². The Bertz CT molecular complexity index is 391. The van der Waals surface area contributed by atoms with Crippen LogP contribution in [0.25, 0.3) is 0 Å². The van der Waals surface area contributed by atoms with E-state index in [1.54, 1.807) is 0 Å². The molecule has 0 bridgehead atoms. The zero-order chi connectivity index (χ0) is 13.7. The van der Waals surface area contributed by atoms with E-state index in [0.29, 0.717) is 12.0 Å². The Morgan fingerprint density at radius 1 is 1.47 bits per heavy atom. The number of hydrogen-bond donors (Lipinski definition) is 1. The standard InChI is InChI=1S/C14H24N4S/c1-11(2)6-15-7-12-8-16-9-14(17-12)18(3)13-4-5-19-10-13/h8-9,11,13,15H,4-7,10H2,1-3H3. The van der Waals surface area contributed by atoms with Gasteiger partial charge in [0.05, 0.1) is 11.9 Å². The van der Waals surface area contributed by atoms with Crippen molar-refractivity contribution < 1.29 is 0 Å². The van der Waals surface area contributed by atoms with Gasteiger partial charge in [0.2, 0.25) is 0 Å². The number of thioether (sulfide) groups is 1. The molecule has 1 saturated heterocycles. The Morgan fingerprint density at radius 3 is 3.00 bits per heavy atom. The smallest absolute Gasteiger partial charge is 0.147 e. The summed E-state index contributed by atoms with van der Waals surface area (Å²) in [5, 5.41) is 3.41. The quantitative estimate of drug-likeness (QED) is 0.865. The Morgan fingerprint density at radius 2 is 2.32 bits per heavy atom. The third kappa shape index (κ3) is 4.35. The van der Waals surface area contributed by atoms with Gasteiger partial charge in [0, 0.05) is 31.6 Å². The third-order valence-corrected chi connectivity index (χ3v) is 4.49. The summed E-state index contributed by atoms with van der Waals surface area (Å²) in [6.45, 7) is 6.23. The number of rotatable bonds is 6. The maximum Gasteiger partial charge on any atom is 0.147 e. The van der Waals surface area contributed by atoms with Crippen molar-refractivity contribution in [2.45, 2.75) is 32.9 Å². The van der Waals surface area contributed by atoms with Crippen molar-refractivity contribution in [1.82, 2.24) is 15.3 Å². The van der Waals surface area contributed by atoms with Crippen molar-refractivity contribution >= 4 is 17.6 Å². The molecule has 0 aromatic carbocycles. The minimum Gasteiger partial charge on any atom is -0.355 e. The number of nitrogens with one attached hydrogen (secondary N) is 1. The minimum absolute atomic E-state index is 0.609. The second-order valence-electron chi connectivity index (χ2n) is 5.52. The van der Waals surface area contributed by atoms with E-state index in [9.17, 15) is 0 Å². The molecule has 2 rings (SSSR count). The molecule has 2 heterocycles. The van der Waals surface area contributed by atoms with Crippen LogP contribution in [0.2, 0.25) is 0 Å². The van der Waals surface area contributed by atoms with Gasteiger partial charge >= 0.3 is 0 Å². The lowest BCUT2D eigenvalue weighted by Crippen LogP contribution is -2.32. The van der Waals surface area contributed by atoms with Crippen molar-refractivity contribution in [3.63, 3.8) is 0 Å². The highest BCUT2D eigenvalue weighted by Crippen LogP contribution is 2.24. The van der Waals surface area contributed by atoms with Crippen molar-refractivity contribution in [2.24, 2.45) is 5.92 Å². The van der Waals surface area contributed by atoms with E-state index < -0.39 is 0 Å². The number of anilines is 1. The summed E-state index contributed by atoms with van der Waals surface area (Å²) in [5.74, 6) is 4.12. The molecule has 5 heteroatoms. The fourth-order valence-electron chi connectivity index (χ4n) is 2.15. The molecule has 0 radical (unpaired) electrons. The first-order valence-electron chi connectivity index (χ1n) is 6.99. The number of hydrogen-bond acceptors (Lipinski definition) is 5. The topological polar surface area (TPSA) is 41.1 Å². The lowest BCUT2D eigenvalue weighted by atomic mass is 10.2. The predicted molar refractivity (Wildman–Crippen MR) is 82.7 cm³/mol. The maximum absolute atomic E-state index is 4.71. The molecule has 1 atom stereocenters. The average molecular weight is 280 g/mol. The van der Waals surface area contributed by atoms with Gasteiger partial charge in [-0.05, 0) is 24.6 Å². The van der Waals surface area contributed by atoms with Gasteiger partial charge in [-0.3, -0.25) is 4.98 Å². The van der Waals surface area contributed by atoms with E-state index in [2.05, 4.69) is 36.1 Å². The highest BCUT2D eigenvalue weighted by molar-refractivity contribution is 7.99. The van der Waals surface area contributed by atoms with Crippen molar-refractivity contribution in [3.8, 4) is 0 Å². The summed E-state index contributed by atoms with van der Waals surface area (Å²) in [6.07, 6.45) is 4.97. The molecule has 1 fully saturated rings. The minimum atomic E-state index is 0.609. The zero-order valence-corrected chi connectivity index (χ0v) is 12.9. The van der Waals surface area contributed by atoms with Gasteiger partial charge in [0.15, 0.2) is 0 Å². The first-order valence-corrected chi connectivity index (χ1v) is 8.14. The van der Waals surface area contributed by atoms with E-state index in [-0.39, 0.29) is 0 Å². The van der Waals surface area contributed by atoms with Crippen LogP contribution < -0.4 is 10.2 Å². The summed E-state index contributed by atoms with van der Waals surface area (Å²) >= 11 is 2.02. The summed E-state index contributed by atoms with van der Waals surface area (Å²) in [4.78, 5) is 11.3. The first-order chi connectivity index (χ1) is 9.16. The SMILES string of the molecule is CC(C)CNCc1cncc(N(C)C2CCSC2)n1. The first kappa shape index (κ1) is 14.6. The van der Waals surface area contributed by atoms with Crippen molar-refractivity contribution in [1.29, 1.82) is 0 Å². The molecule has 1 aromatic heterocycles. The molecule has 1 unspecified atom stereocenters. The lowest BCUT2D eigenvalue weighted by molar-refractivity contribution is 0.547. The van der Waals surface area contributed by atoms with E-state index in [0.717, 1.165) is 24.6 Å². The molecule has 1 aliphatic rings. The highest BCUT2D eigenvalue weighted by Gasteiger charge is 2.21. The summed E-state index contributed by atoms with van der Waals surface area (Å²) in [5.41, 5.74) is 1.02. The summed E-state index contributed by atoms with van der Waals surface area (Å²) in [6, 6.07) is 0.609. The van der Waals surface area contributed by atoms with Crippen LogP contribution in [0.15, 0.2) is 12.4 Å². The van der Waals surface area contributed by atoms with Gasteiger partial charge in [-0.1, -0.05) is 13.8 Å². The van der Waals surface area contributed by atoms with Crippen LogP contribution in [0.4, 0.5) is 5.82 Å². The van der Waals surface area contributed by atoms with Crippen LogP contribution in [-0.2, 0) is 6.54 Å². The Hall–Kier alpha value is -0.810. The van der Waals surface area contributed by atoms with E-state index >= 15 is 0 Å².